The highest BCUT2D eigenvalue weighted by Crippen LogP contribution is 2.30. The Labute approximate surface area is 119 Å². The van der Waals surface area contributed by atoms with Crippen LogP contribution in [-0.2, 0) is 0 Å². The van der Waals surface area contributed by atoms with Gasteiger partial charge in [-0.1, -0.05) is 39.2 Å². The Morgan fingerprint density at radius 3 is 2.61 bits per heavy atom. The molecule has 2 heterocycles. The minimum absolute atomic E-state index is 0. The number of rotatable bonds is 2. The van der Waals surface area contributed by atoms with Gasteiger partial charge in [0.15, 0.2) is 0 Å². The number of halogens is 1. The second-order valence-electron chi connectivity index (χ2n) is 3.74. The quantitative estimate of drug-likeness (QED) is 0.708. The fourth-order valence-corrected chi connectivity index (χ4v) is 2.42. The smallest absolute Gasteiger partial charge is 0.320 e. The summed E-state index contributed by atoms with van der Waals surface area (Å²) in [4.78, 5) is 4.30. The molecular formula is C11H10BrN5S. The largest absolute Gasteiger partial charge is 1.00 e. The van der Waals surface area contributed by atoms with E-state index >= 15 is 0 Å². The summed E-state index contributed by atoms with van der Waals surface area (Å²) in [5.74, 6) is 0.792. The molecule has 1 aromatic heterocycles. The number of aromatic nitrogens is 1. The monoisotopic (exact) mass is 323 g/mol. The lowest BCUT2D eigenvalue weighted by Gasteiger charge is -2.18. The van der Waals surface area contributed by atoms with E-state index in [-0.39, 0.29) is 21.6 Å². The third kappa shape index (κ3) is 2.00. The summed E-state index contributed by atoms with van der Waals surface area (Å²) in [5, 5.41) is 14.9. The molecule has 7 heteroatoms. The Bertz CT molecular complexity index is 581. The first-order valence-electron chi connectivity index (χ1n) is 5.13. The van der Waals surface area contributed by atoms with E-state index in [2.05, 4.69) is 20.5 Å². The molecule has 0 saturated carbocycles. The zero-order valence-corrected chi connectivity index (χ0v) is 12.0. The van der Waals surface area contributed by atoms with Crippen molar-refractivity contribution in [1.29, 1.82) is 0 Å². The maximum atomic E-state index is 4.30. The number of hydrogen-bond donors (Lipinski definition) is 0. The second kappa shape index (κ2) is 5.05. The standard InChI is InChI=1S/C11H10N5S.BrH/c1-16(11-12-7-8-17-11)10(13-14-15-16)9-5-3-2-4-6-9;/h2-8H,1H3;1H/q+1;/p-1. The van der Waals surface area contributed by atoms with E-state index in [4.69, 9.17) is 0 Å². The summed E-state index contributed by atoms with van der Waals surface area (Å²) in [7, 11) is 1.93. The third-order valence-corrected chi connectivity index (χ3v) is 3.52. The van der Waals surface area contributed by atoms with Crippen molar-refractivity contribution in [1.82, 2.24) is 9.58 Å². The van der Waals surface area contributed by atoms with Crippen LogP contribution >= 0.6 is 11.3 Å². The van der Waals surface area contributed by atoms with Crippen LogP contribution in [0.4, 0.5) is 5.13 Å². The molecule has 0 fully saturated rings. The lowest BCUT2D eigenvalue weighted by atomic mass is 10.2. The molecule has 0 bridgehead atoms. The highest BCUT2D eigenvalue weighted by Gasteiger charge is 2.41. The average Bonchev–Trinajstić information content (AvgIpc) is 2.99. The average molecular weight is 324 g/mol. The molecule has 1 unspecified atom stereocenters. The maximum absolute atomic E-state index is 4.30. The van der Waals surface area contributed by atoms with Crippen LogP contribution in [0.15, 0.2) is 57.5 Å². The fourth-order valence-electron chi connectivity index (χ4n) is 1.73. The fraction of sp³-hybridized carbons (Fsp3) is 0.0909. The molecule has 0 aliphatic carbocycles. The van der Waals surface area contributed by atoms with Crippen LogP contribution in [0.1, 0.15) is 5.56 Å². The van der Waals surface area contributed by atoms with Crippen molar-refractivity contribution in [3.63, 3.8) is 0 Å². The van der Waals surface area contributed by atoms with Crippen molar-refractivity contribution in [3.8, 4) is 0 Å². The number of nitrogens with zero attached hydrogens (tertiary/aromatic N) is 5. The van der Waals surface area contributed by atoms with Crippen LogP contribution in [0.25, 0.3) is 0 Å². The lowest BCUT2D eigenvalue weighted by Crippen LogP contribution is -3.00. The van der Waals surface area contributed by atoms with Gasteiger partial charge in [-0.25, -0.2) is 0 Å². The molecule has 0 amide bonds. The van der Waals surface area contributed by atoms with E-state index in [9.17, 15) is 0 Å². The van der Waals surface area contributed by atoms with Gasteiger partial charge in [0.2, 0.25) is 0 Å². The first-order chi connectivity index (χ1) is 8.31. The van der Waals surface area contributed by atoms with Crippen molar-refractivity contribution in [3.05, 3.63) is 47.5 Å². The summed E-state index contributed by atoms with van der Waals surface area (Å²) in [6.45, 7) is 0. The number of hydrogen-bond acceptors (Lipinski definition) is 5. The first kappa shape index (κ1) is 13.0. The Kier molecular flexibility index (Phi) is 3.65. The summed E-state index contributed by atoms with van der Waals surface area (Å²) < 4.78 is 0.182. The van der Waals surface area contributed by atoms with Crippen LogP contribution in [0.2, 0.25) is 0 Å². The molecule has 0 radical (unpaired) electrons. The van der Waals surface area contributed by atoms with Crippen LogP contribution in [-0.4, -0.2) is 17.9 Å². The van der Waals surface area contributed by atoms with Gasteiger partial charge in [-0.3, -0.25) is 0 Å². The van der Waals surface area contributed by atoms with Gasteiger partial charge in [-0.15, -0.1) is 0 Å². The highest BCUT2D eigenvalue weighted by molar-refractivity contribution is 7.13. The molecule has 1 aliphatic rings. The zero-order chi connectivity index (χ0) is 11.7. The molecule has 5 nitrogen and oxygen atoms in total. The van der Waals surface area contributed by atoms with Crippen molar-refractivity contribution in [2.75, 3.05) is 7.05 Å². The predicted molar refractivity (Wildman–Crippen MR) is 67.7 cm³/mol. The molecule has 3 rings (SSSR count). The van der Waals surface area contributed by atoms with Crippen molar-refractivity contribution in [2.24, 2.45) is 15.5 Å². The summed E-state index contributed by atoms with van der Waals surface area (Å²) in [6.07, 6.45) is 1.76. The Morgan fingerprint density at radius 2 is 1.94 bits per heavy atom. The third-order valence-electron chi connectivity index (χ3n) is 2.59. The van der Waals surface area contributed by atoms with Crippen molar-refractivity contribution >= 4 is 22.3 Å². The maximum Gasteiger partial charge on any atom is 0.320 e. The molecule has 0 saturated heterocycles. The van der Waals surface area contributed by atoms with Gasteiger partial charge in [0.1, 0.15) is 7.05 Å². The first-order valence-corrected chi connectivity index (χ1v) is 6.01. The van der Waals surface area contributed by atoms with E-state index in [1.807, 2.05) is 42.8 Å². The van der Waals surface area contributed by atoms with Crippen molar-refractivity contribution in [2.45, 2.75) is 0 Å². The highest BCUT2D eigenvalue weighted by atomic mass is 79.9. The predicted octanol–water partition coefficient (Wildman–Crippen LogP) is -0.173. The molecule has 2 aromatic rings. The Morgan fingerprint density at radius 1 is 1.17 bits per heavy atom. The van der Waals surface area contributed by atoms with Gasteiger partial charge in [0.25, 0.3) is 5.84 Å². The number of thiazole rings is 1. The molecule has 0 spiro atoms. The SMILES string of the molecule is C[N+]1(c2nccs2)N=NN=C1c1ccccc1.[Br-]. The molecule has 0 N–H and O–H groups in total. The summed E-state index contributed by atoms with van der Waals surface area (Å²) >= 11 is 1.54. The summed E-state index contributed by atoms with van der Waals surface area (Å²) in [5.41, 5.74) is 1.01. The Balaban J connectivity index is 0.00000120. The normalized spacial score (nSPS) is 21.5. The van der Waals surface area contributed by atoms with Crippen molar-refractivity contribution < 1.29 is 17.0 Å². The molecule has 1 atom stereocenters. The zero-order valence-electron chi connectivity index (χ0n) is 9.56. The molecular weight excluding hydrogens is 314 g/mol. The van der Waals surface area contributed by atoms with E-state index in [0.29, 0.717) is 0 Å². The van der Waals surface area contributed by atoms with E-state index < -0.39 is 0 Å². The van der Waals surface area contributed by atoms with Crippen LogP contribution in [0.3, 0.4) is 0 Å². The Hall–Kier alpha value is -1.44. The van der Waals surface area contributed by atoms with E-state index in [0.717, 1.165) is 16.5 Å². The van der Waals surface area contributed by atoms with E-state index in [1.165, 1.54) is 0 Å². The molecule has 1 aliphatic heterocycles. The van der Waals surface area contributed by atoms with Gasteiger partial charge in [-0.2, -0.15) is 4.98 Å². The molecule has 18 heavy (non-hydrogen) atoms. The lowest BCUT2D eigenvalue weighted by molar-refractivity contribution is -0.00000349. The van der Waals surface area contributed by atoms with Gasteiger partial charge in [0.05, 0.1) is 10.8 Å². The van der Waals surface area contributed by atoms with Gasteiger partial charge in [0, 0.05) is 16.8 Å². The van der Waals surface area contributed by atoms with Gasteiger partial charge >= 0.3 is 5.13 Å². The second-order valence-corrected chi connectivity index (χ2v) is 4.62. The minimum atomic E-state index is 0. The topological polar surface area (TPSA) is 50.0 Å². The summed E-state index contributed by atoms with van der Waals surface area (Å²) in [6, 6.07) is 9.92. The van der Waals surface area contributed by atoms with Gasteiger partial charge < -0.3 is 17.0 Å². The van der Waals surface area contributed by atoms with Crippen LogP contribution < -0.4 is 21.6 Å². The van der Waals surface area contributed by atoms with Crippen LogP contribution in [0.5, 0.6) is 0 Å². The molecule has 1 aromatic carbocycles. The number of quaternary nitrogens is 1. The number of benzene rings is 1. The minimum Gasteiger partial charge on any atom is -1.00 e. The number of amidine groups is 1. The van der Waals surface area contributed by atoms with E-state index in [1.54, 1.807) is 17.5 Å². The van der Waals surface area contributed by atoms with Gasteiger partial charge in [-0.05, 0) is 12.1 Å². The van der Waals surface area contributed by atoms with Crippen LogP contribution in [0, 0.1) is 0 Å². The molecule has 92 valence electrons.